The molecule has 0 radical (unpaired) electrons. The van der Waals surface area contributed by atoms with Gasteiger partial charge in [-0.1, -0.05) is 59.1 Å². The van der Waals surface area contributed by atoms with Crippen molar-refractivity contribution in [2.75, 3.05) is 6.61 Å². The average Bonchev–Trinajstić information content (AvgIpc) is 2.33. The van der Waals surface area contributed by atoms with E-state index in [0.717, 1.165) is 6.42 Å². The van der Waals surface area contributed by atoms with Crippen LogP contribution < -0.4 is 0 Å². The first kappa shape index (κ1) is 18.7. The topological polar surface area (TPSA) is 40.5 Å². The van der Waals surface area contributed by atoms with Gasteiger partial charge in [0.25, 0.3) is 0 Å². The van der Waals surface area contributed by atoms with Gasteiger partial charge in [0.2, 0.25) is 0 Å². The summed E-state index contributed by atoms with van der Waals surface area (Å²) in [6.07, 6.45) is 12.0. The fraction of sp³-hybridized carbons (Fsp3) is 0.882. The van der Waals surface area contributed by atoms with Gasteiger partial charge in [-0.2, -0.15) is 0 Å². The van der Waals surface area contributed by atoms with Crippen LogP contribution in [0.15, 0.2) is 12.2 Å². The first-order valence-corrected chi connectivity index (χ1v) is 7.89. The zero-order chi connectivity index (χ0) is 14.7. The molecule has 114 valence electrons. The minimum absolute atomic E-state index is 0.0618. The molecule has 0 amide bonds. The normalized spacial score (nSPS) is 15.9. The van der Waals surface area contributed by atoms with Crippen LogP contribution in [0.4, 0.5) is 0 Å². The maximum atomic E-state index is 10.0. The molecule has 0 heterocycles. The summed E-state index contributed by atoms with van der Waals surface area (Å²) >= 11 is 0. The SMILES string of the molecule is CCCCCC/C=C/C(C)CC(C)(C)C(O)CCO. The Balaban J connectivity index is 3.94. The van der Waals surface area contributed by atoms with E-state index in [1.165, 1.54) is 32.1 Å². The van der Waals surface area contributed by atoms with E-state index in [1.54, 1.807) is 0 Å². The average molecular weight is 270 g/mol. The highest BCUT2D eigenvalue weighted by molar-refractivity contribution is 4.90. The van der Waals surface area contributed by atoms with E-state index in [-0.39, 0.29) is 12.0 Å². The molecule has 0 spiro atoms. The van der Waals surface area contributed by atoms with Crippen molar-refractivity contribution in [1.82, 2.24) is 0 Å². The molecule has 0 aliphatic heterocycles. The van der Waals surface area contributed by atoms with Gasteiger partial charge in [0.15, 0.2) is 0 Å². The summed E-state index contributed by atoms with van der Waals surface area (Å²) < 4.78 is 0. The molecule has 0 saturated carbocycles. The van der Waals surface area contributed by atoms with Gasteiger partial charge in [0, 0.05) is 6.61 Å². The Labute approximate surface area is 119 Å². The minimum atomic E-state index is -0.419. The zero-order valence-corrected chi connectivity index (χ0v) is 13.4. The van der Waals surface area contributed by atoms with Gasteiger partial charge in [-0.05, 0) is 37.0 Å². The maximum absolute atomic E-state index is 10.0. The molecule has 0 bridgehead atoms. The molecule has 2 N–H and O–H groups in total. The van der Waals surface area contributed by atoms with Crippen molar-refractivity contribution in [1.29, 1.82) is 0 Å². The quantitative estimate of drug-likeness (QED) is 0.434. The Morgan fingerprint density at radius 1 is 1.16 bits per heavy atom. The van der Waals surface area contributed by atoms with Gasteiger partial charge in [0.1, 0.15) is 0 Å². The molecule has 2 atom stereocenters. The van der Waals surface area contributed by atoms with E-state index in [0.29, 0.717) is 12.3 Å². The number of hydrogen-bond acceptors (Lipinski definition) is 2. The number of unbranched alkanes of at least 4 members (excludes halogenated alkanes) is 4. The Kier molecular flexibility index (Phi) is 10.3. The van der Waals surface area contributed by atoms with Crippen molar-refractivity contribution in [3.05, 3.63) is 12.2 Å². The molecule has 0 aromatic heterocycles. The third-order valence-corrected chi connectivity index (χ3v) is 3.84. The summed E-state index contributed by atoms with van der Waals surface area (Å²) in [5, 5.41) is 18.9. The molecule has 2 heteroatoms. The fourth-order valence-corrected chi connectivity index (χ4v) is 2.56. The van der Waals surface area contributed by atoms with E-state index < -0.39 is 6.10 Å². The Hall–Kier alpha value is -0.340. The summed E-state index contributed by atoms with van der Waals surface area (Å²) in [6, 6.07) is 0. The zero-order valence-electron chi connectivity index (χ0n) is 13.4. The maximum Gasteiger partial charge on any atom is 0.0613 e. The van der Waals surface area contributed by atoms with E-state index in [2.05, 4.69) is 39.8 Å². The molecule has 0 saturated heterocycles. The second kappa shape index (κ2) is 10.4. The number of aliphatic hydroxyl groups is 2. The number of rotatable bonds is 11. The lowest BCUT2D eigenvalue weighted by Crippen LogP contribution is -2.31. The van der Waals surface area contributed by atoms with Crippen LogP contribution in [-0.2, 0) is 0 Å². The van der Waals surface area contributed by atoms with Crippen molar-refractivity contribution in [3.63, 3.8) is 0 Å². The second-order valence-electron chi connectivity index (χ2n) is 6.48. The van der Waals surface area contributed by atoms with E-state index in [4.69, 9.17) is 5.11 Å². The molecule has 19 heavy (non-hydrogen) atoms. The molecule has 0 aliphatic rings. The summed E-state index contributed by atoms with van der Waals surface area (Å²) in [4.78, 5) is 0. The first-order valence-electron chi connectivity index (χ1n) is 7.89. The van der Waals surface area contributed by atoms with Crippen molar-refractivity contribution in [3.8, 4) is 0 Å². The van der Waals surface area contributed by atoms with Gasteiger partial charge in [-0.25, -0.2) is 0 Å². The van der Waals surface area contributed by atoms with E-state index in [1.807, 2.05) is 0 Å². The summed E-state index contributed by atoms with van der Waals surface area (Å²) in [5.74, 6) is 0.481. The number of aliphatic hydroxyl groups excluding tert-OH is 2. The number of hydrogen-bond donors (Lipinski definition) is 2. The lowest BCUT2D eigenvalue weighted by atomic mass is 9.77. The Morgan fingerprint density at radius 2 is 1.84 bits per heavy atom. The highest BCUT2D eigenvalue weighted by Gasteiger charge is 2.28. The fourth-order valence-electron chi connectivity index (χ4n) is 2.56. The van der Waals surface area contributed by atoms with Crippen LogP contribution >= 0.6 is 0 Å². The number of allylic oxidation sites excluding steroid dienone is 2. The van der Waals surface area contributed by atoms with E-state index >= 15 is 0 Å². The summed E-state index contributed by atoms with van der Waals surface area (Å²) in [7, 11) is 0. The molecular formula is C17H34O2. The molecule has 0 fully saturated rings. The minimum Gasteiger partial charge on any atom is -0.396 e. The molecular weight excluding hydrogens is 236 g/mol. The molecule has 0 aromatic rings. The monoisotopic (exact) mass is 270 g/mol. The van der Waals surface area contributed by atoms with Crippen LogP contribution in [0, 0.1) is 11.3 Å². The van der Waals surface area contributed by atoms with Crippen molar-refractivity contribution >= 4 is 0 Å². The Bertz CT molecular complexity index is 233. The molecule has 0 rings (SSSR count). The lowest BCUT2D eigenvalue weighted by molar-refractivity contribution is 0.0187. The van der Waals surface area contributed by atoms with Gasteiger partial charge in [-0.3, -0.25) is 0 Å². The van der Waals surface area contributed by atoms with Gasteiger partial charge in [-0.15, -0.1) is 0 Å². The van der Waals surface area contributed by atoms with Crippen molar-refractivity contribution in [2.24, 2.45) is 11.3 Å². The molecule has 0 aliphatic carbocycles. The van der Waals surface area contributed by atoms with Crippen molar-refractivity contribution in [2.45, 2.75) is 78.7 Å². The lowest BCUT2D eigenvalue weighted by Gasteiger charge is -2.32. The third-order valence-electron chi connectivity index (χ3n) is 3.84. The summed E-state index contributed by atoms with van der Waals surface area (Å²) in [6.45, 7) is 8.66. The standard InChI is InChI=1S/C17H34O2/c1-5-6-7-8-9-10-11-15(2)14-17(3,4)16(19)12-13-18/h10-11,15-16,18-19H,5-9,12-14H2,1-4H3/b11-10+. The van der Waals surface area contributed by atoms with Gasteiger partial charge in [0.05, 0.1) is 6.10 Å². The van der Waals surface area contributed by atoms with Crippen LogP contribution in [0.25, 0.3) is 0 Å². The summed E-state index contributed by atoms with van der Waals surface area (Å²) in [5.41, 5.74) is -0.130. The van der Waals surface area contributed by atoms with E-state index in [9.17, 15) is 5.11 Å². The van der Waals surface area contributed by atoms with Crippen LogP contribution in [0.3, 0.4) is 0 Å². The van der Waals surface area contributed by atoms with Crippen molar-refractivity contribution < 1.29 is 10.2 Å². The smallest absolute Gasteiger partial charge is 0.0613 e. The predicted molar refractivity (Wildman–Crippen MR) is 83.2 cm³/mol. The largest absolute Gasteiger partial charge is 0.396 e. The van der Waals surface area contributed by atoms with Crippen LogP contribution in [0.5, 0.6) is 0 Å². The highest BCUT2D eigenvalue weighted by Crippen LogP contribution is 2.31. The second-order valence-corrected chi connectivity index (χ2v) is 6.48. The van der Waals surface area contributed by atoms with Gasteiger partial charge < -0.3 is 10.2 Å². The van der Waals surface area contributed by atoms with Crippen LogP contribution in [0.1, 0.15) is 72.6 Å². The van der Waals surface area contributed by atoms with Crippen LogP contribution in [0.2, 0.25) is 0 Å². The van der Waals surface area contributed by atoms with Crippen LogP contribution in [-0.4, -0.2) is 22.9 Å². The first-order chi connectivity index (χ1) is 8.94. The van der Waals surface area contributed by atoms with Gasteiger partial charge >= 0.3 is 0 Å². The Morgan fingerprint density at radius 3 is 2.42 bits per heavy atom. The predicted octanol–water partition coefficient (Wildman–Crippen LogP) is 4.31. The molecule has 2 nitrogen and oxygen atoms in total. The third kappa shape index (κ3) is 9.23. The molecule has 2 unspecified atom stereocenters. The molecule has 0 aromatic carbocycles. The highest BCUT2D eigenvalue weighted by atomic mass is 16.3.